The van der Waals surface area contributed by atoms with Gasteiger partial charge in [0, 0.05) is 12.6 Å². The molecule has 0 radical (unpaired) electrons. The minimum atomic E-state index is -4.25. The van der Waals surface area contributed by atoms with E-state index in [1.54, 1.807) is 12.1 Å². The second kappa shape index (κ2) is 4.69. The molecule has 1 saturated heterocycles. The molecular formula is C13H16F3N. The lowest BCUT2D eigenvalue weighted by molar-refractivity contribution is -0.138. The highest BCUT2D eigenvalue weighted by atomic mass is 19.4. The summed E-state index contributed by atoms with van der Waals surface area (Å²) < 4.78 is 38.6. The first-order valence-electron chi connectivity index (χ1n) is 5.88. The quantitative estimate of drug-likeness (QED) is 0.795. The number of hydrogen-bond acceptors (Lipinski definition) is 1. The summed E-state index contributed by atoms with van der Waals surface area (Å²) in [6.07, 6.45) is -2.50. The molecule has 1 aromatic rings. The molecular weight excluding hydrogens is 227 g/mol. The summed E-state index contributed by atoms with van der Waals surface area (Å²) >= 11 is 0. The maximum absolute atomic E-state index is 12.9. The molecule has 0 saturated carbocycles. The highest BCUT2D eigenvalue weighted by molar-refractivity contribution is 5.33. The van der Waals surface area contributed by atoms with Crippen molar-refractivity contribution in [3.63, 3.8) is 0 Å². The fourth-order valence-electron chi connectivity index (χ4n) is 2.38. The number of rotatable bonds is 1. The van der Waals surface area contributed by atoms with Crippen LogP contribution in [0.4, 0.5) is 13.2 Å². The molecule has 2 atom stereocenters. The summed E-state index contributed by atoms with van der Waals surface area (Å²) in [5.74, 6) is -0.0241. The number of alkyl halides is 3. The van der Waals surface area contributed by atoms with Crippen LogP contribution in [0.25, 0.3) is 0 Å². The Hall–Kier alpha value is -1.03. The topological polar surface area (TPSA) is 12.0 Å². The van der Waals surface area contributed by atoms with Gasteiger partial charge in [-0.25, -0.2) is 0 Å². The van der Waals surface area contributed by atoms with Crippen molar-refractivity contribution in [3.05, 3.63) is 35.4 Å². The molecule has 1 aromatic carbocycles. The number of halogens is 3. The molecule has 0 aromatic heterocycles. The highest BCUT2D eigenvalue weighted by Gasteiger charge is 2.35. The molecule has 2 rings (SSSR count). The molecule has 1 heterocycles. The predicted molar refractivity (Wildman–Crippen MR) is 60.9 cm³/mol. The smallest absolute Gasteiger partial charge is 0.314 e. The molecule has 1 aliphatic rings. The molecule has 1 aliphatic heterocycles. The predicted octanol–water partition coefficient (Wildman–Crippen LogP) is 3.56. The zero-order valence-corrected chi connectivity index (χ0v) is 9.72. The molecule has 94 valence electrons. The fourth-order valence-corrected chi connectivity index (χ4v) is 2.38. The molecule has 0 spiro atoms. The summed E-state index contributed by atoms with van der Waals surface area (Å²) in [5, 5.41) is 3.24. The minimum Gasteiger partial charge on any atom is -0.314 e. The Balaban J connectivity index is 2.26. The van der Waals surface area contributed by atoms with Crippen molar-refractivity contribution in [3.8, 4) is 0 Å². The molecule has 1 N–H and O–H groups in total. The Kier molecular flexibility index (Phi) is 3.43. The maximum Gasteiger partial charge on any atom is 0.416 e. The van der Waals surface area contributed by atoms with Crippen molar-refractivity contribution < 1.29 is 13.2 Å². The second-order valence-corrected chi connectivity index (χ2v) is 4.67. The van der Waals surface area contributed by atoms with E-state index in [9.17, 15) is 13.2 Å². The van der Waals surface area contributed by atoms with E-state index in [1.165, 1.54) is 12.1 Å². The molecule has 0 bridgehead atoms. The van der Waals surface area contributed by atoms with Gasteiger partial charge in [0.15, 0.2) is 0 Å². The van der Waals surface area contributed by atoms with E-state index in [1.807, 2.05) is 0 Å². The van der Waals surface area contributed by atoms with Crippen LogP contribution in [-0.4, -0.2) is 12.6 Å². The molecule has 17 heavy (non-hydrogen) atoms. The average Bonchev–Trinajstić information content (AvgIpc) is 2.29. The fraction of sp³-hybridized carbons (Fsp3) is 0.538. The zero-order valence-electron chi connectivity index (χ0n) is 9.72. The van der Waals surface area contributed by atoms with Gasteiger partial charge < -0.3 is 5.32 Å². The monoisotopic (exact) mass is 243 g/mol. The van der Waals surface area contributed by atoms with Gasteiger partial charge in [-0.1, -0.05) is 18.2 Å². The Morgan fingerprint density at radius 1 is 1.18 bits per heavy atom. The van der Waals surface area contributed by atoms with Crippen LogP contribution in [0, 0.1) is 0 Å². The third-order valence-corrected chi connectivity index (χ3v) is 3.37. The van der Waals surface area contributed by atoms with Gasteiger partial charge in [0.1, 0.15) is 0 Å². The number of benzene rings is 1. The summed E-state index contributed by atoms with van der Waals surface area (Å²) in [5.41, 5.74) is -0.0549. The van der Waals surface area contributed by atoms with Crippen LogP contribution in [0.3, 0.4) is 0 Å². The van der Waals surface area contributed by atoms with Crippen LogP contribution in [0.1, 0.15) is 36.8 Å². The largest absolute Gasteiger partial charge is 0.416 e. The first kappa shape index (κ1) is 12.4. The molecule has 1 nitrogen and oxygen atoms in total. The van der Waals surface area contributed by atoms with E-state index >= 15 is 0 Å². The van der Waals surface area contributed by atoms with E-state index in [0.29, 0.717) is 18.2 Å². The van der Waals surface area contributed by atoms with E-state index in [-0.39, 0.29) is 5.92 Å². The number of hydrogen-bond donors (Lipinski definition) is 1. The Morgan fingerprint density at radius 3 is 2.47 bits per heavy atom. The van der Waals surface area contributed by atoms with Crippen molar-refractivity contribution >= 4 is 0 Å². The Bertz CT molecular complexity index is 378. The SMILES string of the molecule is CC1CCC(c2ccccc2C(F)(F)F)CN1. The van der Waals surface area contributed by atoms with Gasteiger partial charge in [0.2, 0.25) is 0 Å². The lowest BCUT2D eigenvalue weighted by Crippen LogP contribution is -2.36. The van der Waals surface area contributed by atoms with Crippen molar-refractivity contribution in [2.24, 2.45) is 0 Å². The summed E-state index contributed by atoms with van der Waals surface area (Å²) in [6.45, 7) is 2.69. The minimum absolute atomic E-state index is 0.0241. The average molecular weight is 243 g/mol. The highest BCUT2D eigenvalue weighted by Crippen LogP contribution is 2.37. The van der Waals surface area contributed by atoms with Crippen molar-refractivity contribution in [2.75, 3.05) is 6.54 Å². The van der Waals surface area contributed by atoms with Crippen molar-refractivity contribution in [1.29, 1.82) is 0 Å². The first-order chi connectivity index (χ1) is 7.98. The normalized spacial score (nSPS) is 25.9. The molecule has 0 aliphatic carbocycles. The van der Waals surface area contributed by atoms with Crippen molar-refractivity contribution in [2.45, 2.75) is 37.9 Å². The Labute approximate surface area is 99.0 Å². The maximum atomic E-state index is 12.9. The molecule has 4 heteroatoms. The van der Waals surface area contributed by atoms with Gasteiger partial charge in [-0.2, -0.15) is 13.2 Å². The summed E-state index contributed by atoms with van der Waals surface area (Å²) in [4.78, 5) is 0. The van der Waals surface area contributed by atoms with E-state index in [2.05, 4.69) is 12.2 Å². The van der Waals surface area contributed by atoms with Crippen LogP contribution in [0.2, 0.25) is 0 Å². The van der Waals surface area contributed by atoms with Gasteiger partial charge in [-0.3, -0.25) is 0 Å². The van der Waals surface area contributed by atoms with Gasteiger partial charge in [0.05, 0.1) is 5.56 Å². The lowest BCUT2D eigenvalue weighted by atomic mass is 9.86. The third kappa shape index (κ3) is 2.80. The molecule has 0 amide bonds. The van der Waals surface area contributed by atoms with Crippen molar-refractivity contribution in [1.82, 2.24) is 5.32 Å². The van der Waals surface area contributed by atoms with Crippen LogP contribution >= 0.6 is 0 Å². The second-order valence-electron chi connectivity index (χ2n) is 4.67. The third-order valence-electron chi connectivity index (χ3n) is 3.37. The van der Waals surface area contributed by atoms with Crippen LogP contribution in [0.5, 0.6) is 0 Å². The van der Waals surface area contributed by atoms with Gasteiger partial charge >= 0.3 is 6.18 Å². The van der Waals surface area contributed by atoms with E-state index in [4.69, 9.17) is 0 Å². The van der Waals surface area contributed by atoms with Crippen LogP contribution in [-0.2, 0) is 6.18 Å². The van der Waals surface area contributed by atoms with Crippen LogP contribution < -0.4 is 5.32 Å². The van der Waals surface area contributed by atoms with Gasteiger partial charge in [0.25, 0.3) is 0 Å². The Morgan fingerprint density at radius 2 is 1.88 bits per heavy atom. The van der Waals surface area contributed by atoms with E-state index in [0.717, 1.165) is 12.8 Å². The summed E-state index contributed by atoms with van der Waals surface area (Å²) in [6, 6.07) is 6.32. The van der Waals surface area contributed by atoms with E-state index < -0.39 is 11.7 Å². The first-order valence-corrected chi connectivity index (χ1v) is 5.88. The van der Waals surface area contributed by atoms with Gasteiger partial charge in [-0.15, -0.1) is 0 Å². The number of nitrogens with one attached hydrogen (secondary N) is 1. The zero-order chi connectivity index (χ0) is 12.5. The molecule has 1 fully saturated rings. The molecule has 2 unspecified atom stereocenters. The summed E-state index contributed by atoms with van der Waals surface area (Å²) in [7, 11) is 0. The standard InChI is InChI=1S/C13H16F3N/c1-9-6-7-10(8-17-9)11-4-2-3-5-12(11)13(14,15)16/h2-5,9-10,17H,6-8H2,1H3. The number of piperidine rings is 1. The lowest BCUT2D eigenvalue weighted by Gasteiger charge is -2.29. The van der Waals surface area contributed by atoms with Crippen LogP contribution in [0.15, 0.2) is 24.3 Å². The van der Waals surface area contributed by atoms with Gasteiger partial charge in [-0.05, 0) is 37.3 Å².